The predicted octanol–water partition coefficient (Wildman–Crippen LogP) is 1.30. The average Bonchev–Trinajstić information content (AvgIpc) is 2.33. The number of piperazine rings is 1. The minimum atomic E-state index is -0.307. The highest BCUT2D eigenvalue weighted by Gasteiger charge is 2.21. The molecular formula is C13H17FN2O. The van der Waals surface area contributed by atoms with Gasteiger partial charge in [0.05, 0.1) is 0 Å². The smallest absolute Gasteiger partial charge is 0.164 e. The lowest BCUT2D eigenvalue weighted by molar-refractivity contribution is 0.0917. The van der Waals surface area contributed by atoms with Crippen LogP contribution >= 0.6 is 0 Å². The first-order valence-corrected chi connectivity index (χ1v) is 5.86. The number of carbonyl (C=O) groups excluding carboxylic acids is 1. The van der Waals surface area contributed by atoms with Crippen molar-refractivity contribution in [3.63, 3.8) is 0 Å². The van der Waals surface area contributed by atoms with Crippen molar-refractivity contribution in [2.45, 2.75) is 12.5 Å². The number of Topliss-reactive ketones (excluding diaryl/α,β-unsaturated/α-hetero) is 1. The summed E-state index contributed by atoms with van der Waals surface area (Å²) >= 11 is 0. The van der Waals surface area contributed by atoms with E-state index in [1.165, 1.54) is 12.1 Å². The standard InChI is InChI=1S/C13H17FN2O/c1-16-7-6-15-9-12(16)8-13(17)10-2-4-11(14)5-3-10/h2-5,12,15H,6-9H2,1H3. The first-order chi connectivity index (χ1) is 8.16. The average molecular weight is 236 g/mol. The molecule has 1 unspecified atom stereocenters. The molecule has 1 fully saturated rings. The number of hydrogen-bond acceptors (Lipinski definition) is 3. The maximum absolute atomic E-state index is 12.7. The van der Waals surface area contributed by atoms with Gasteiger partial charge in [0.2, 0.25) is 0 Å². The Bertz CT molecular complexity index is 391. The Kier molecular flexibility index (Phi) is 3.86. The van der Waals surface area contributed by atoms with Crippen LogP contribution < -0.4 is 5.32 Å². The van der Waals surface area contributed by atoms with Gasteiger partial charge in [-0.1, -0.05) is 0 Å². The van der Waals surface area contributed by atoms with Gasteiger partial charge in [-0.3, -0.25) is 4.79 Å². The van der Waals surface area contributed by atoms with Crippen LogP contribution in [0.4, 0.5) is 4.39 Å². The van der Waals surface area contributed by atoms with E-state index < -0.39 is 0 Å². The zero-order valence-corrected chi connectivity index (χ0v) is 9.95. The summed E-state index contributed by atoms with van der Waals surface area (Å²) in [4.78, 5) is 14.2. The summed E-state index contributed by atoms with van der Waals surface area (Å²) in [7, 11) is 2.03. The van der Waals surface area contributed by atoms with Gasteiger partial charge in [0.1, 0.15) is 5.82 Å². The van der Waals surface area contributed by atoms with E-state index in [0.29, 0.717) is 12.0 Å². The van der Waals surface area contributed by atoms with E-state index in [0.717, 1.165) is 19.6 Å². The van der Waals surface area contributed by atoms with Crippen LogP contribution in [-0.4, -0.2) is 43.4 Å². The molecule has 0 amide bonds. The van der Waals surface area contributed by atoms with Gasteiger partial charge in [0, 0.05) is 37.7 Å². The lowest BCUT2D eigenvalue weighted by Crippen LogP contribution is -2.49. The third kappa shape index (κ3) is 3.11. The first-order valence-electron chi connectivity index (χ1n) is 5.86. The highest BCUT2D eigenvalue weighted by atomic mass is 19.1. The van der Waals surface area contributed by atoms with Crippen LogP contribution in [0.1, 0.15) is 16.8 Å². The fourth-order valence-corrected chi connectivity index (χ4v) is 2.06. The maximum atomic E-state index is 12.7. The lowest BCUT2D eigenvalue weighted by Gasteiger charge is -2.32. The quantitative estimate of drug-likeness (QED) is 0.803. The second-order valence-corrected chi connectivity index (χ2v) is 4.47. The van der Waals surface area contributed by atoms with Gasteiger partial charge in [0.25, 0.3) is 0 Å². The first kappa shape index (κ1) is 12.2. The molecule has 0 aliphatic carbocycles. The minimum absolute atomic E-state index is 0.0746. The Morgan fingerprint density at radius 1 is 1.47 bits per heavy atom. The van der Waals surface area contributed by atoms with Crippen molar-refractivity contribution < 1.29 is 9.18 Å². The van der Waals surface area contributed by atoms with Crippen LogP contribution in [0.2, 0.25) is 0 Å². The number of halogens is 1. The van der Waals surface area contributed by atoms with E-state index >= 15 is 0 Å². The number of nitrogens with zero attached hydrogens (tertiary/aromatic N) is 1. The molecule has 0 bridgehead atoms. The Morgan fingerprint density at radius 2 is 2.18 bits per heavy atom. The summed E-state index contributed by atoms with van der Waals surface area (Å²) in [6.07, 6.45) is 0.481. The summed E-state index contributed by atoms with van der Waals surface area (Å²) in [6.45, 7) is 2.77. The number of nitrogens with one attached hydrogen (secondary N) is 1. The van der Waals surface area contributed by atoms with Crippen LogP contribution in [0.5, 0.6) is 0 Å². The molecule has 4 heteroatoms. The van der Waals surface area contributed by atoms with Gasteiger partial charge in [-0.15, -0.1) is 0 Å². The Labute approximate surface area is 101 Å². The molecule has 0 aromatic heterocycles. The molecule has 0 spiro atoms. The topological polar surface area (TPSA) is 32.3 Å². The van der Waals surface area contributed by atoms with Crippen molar-refractivity contribution >= 4 is 5.78 Å². The molecule has 1 saturated heterocycles. The third-order valence-corrected chi connectivity index (χ3v) is 3.23. The second-order valence-electron chi connectivity index (χ2n) is 4.47. The van der Waals surface area contributed by atoms with Crippen LogP contribution in [0.25, 0.3) is 0 Å². The molecule has 92 valence electrons. The van der Waals surface area contributed by atoms with Gasteiger partial charge < -0.3 is 10.2 Å². The molecule has 2 rings (SSSR count). The largest absolute Gasteiger partial charge is 0.314 e. The molecule has 1 aromatic rings. The summed E-state index contributed by atoms with van der Waals surface area (Å²) in [5, 5.41) is 3.28. The minimum Gasteiger partial charge on any atom is -0.314 e. The van der Waals surface area contributed by atoms with Crippen LogP contribution in [0.3, 0.4) is 0 Å². The van der Waals surface area contributed by atoms with E-state index in [-0.39, 0.29) is 17.6 Å². The summed E-state index contributed by atoms with van der Waals surface area (Å²) in [5.41, 5.74) is 0.588. The van der Waals surface area contributed by atoms with Gasteiger partial charge in [-0.25, -0.2) is 4.39 Å². The van der Waals surface area contributed by atoms with Crippen molar-refractivity contribution in [2.24, 2.45) is 0 Å². The maximum Gasteiger partial charge on any atom is 0.164 e. The van der Waals surface area contributed by atoms with Crippen LogP contribution in [0.15, 0.2) is 24.3 Å². The molecule has 1 atom stereocenters. The van der Waals surface area contributed by atoms with E-state index in [2.05, 4.69) is 10.2 Å². The van der Waals surface area contributed by atoms with E-state index in [1.54, 1.807) is 12.1 Å². The van der Waals surface area contributed by atoms with Crippen molar-refractivity contribution in [3.05, 3.63) is 35.6 Å². The summed E-state index contributed by atoms with van der Waals surface area (Å²) in [6, 6.07) is 6.00. The molecule has 0 saturated carbocycles. The molecule has 1 aromatic carbocycles. The van der Waals surface area contributed by atoms with Crippen molar-refractivity contribution in [1.29, 1.82) is 0 Å². The number of benzene rings is 1. The van der Waals surface area contributed by atoms with Gasteiger partial charge in [-0.2, -0.15) is 0 Å². The molecule has 1 N–H and O–H groups in total. The van der Waals surface area contributed by atoms with Gasteiger partial charge in [0.15, 0.2) is 5.78 Å². The number of ketones is 1. The summed E-state index contributed by atoms with van der Waals surface area (Å²) in [5.74, 6) is -0.233. The monoisotopic (exact) mass is 236 g/mol. The third-order valence-electron chi connectivity index (χ3n) is 3.23. The Morgan fingerprint density at radius 3 is 2.82 bits per heavy atom. The fraction of sp³-hybridized carbons (Fsp3) is 0.462. The molecule has 1 heterocycles. The van der Waals surface area contributed by atoms with Crippen molar-refractivity contribution in [2.75, 3.05) is 26.7 Å². The Hall–Kier alpha value is -1.26. The van der Waals surface area contributed by atoms with E-state index in [4.69, 9.17) is 0 Å². The van der Waals surface area contributed by atoms with Crippen molar-refractivity contribution in [3.8, 4) is 0 Å². The second kappa shape index (κ2) is 5.38. The van der Waals surface area contributed by atoms with Crippen LogP contribution in [-0.2, 0) is 0 Å². The predicted molar refractivity (Wildman–Crippen MR) is 64.6 cm³/mol. The zero-order valence-electron chi connectivity index (χ0n) is 9.95. The fourth-order valence-electron chi connectivity index (χ4n) is 2.06. The zero-order chi connectivity index (χ0) is 12.3. The highest BCUT2D eigenvalue weighted by Crippen LogP contribution is 2.11. The normalized spacial score (nSPS) is 21.4. The van der Waals surface area contributed by atoms with E-state index in [1.807, 2.05) is 7.05 Å². The molecule has 17 heavy (non-hydrogen) atoms. The Balaban J connectivity index is 1.98. The van der Waals surface area contributed by atoms with Gasteiger partial charge >= 0.3 is 0 Å². The number of rotatable bonds is 3. The van der Waals surface area contributed by atoms with Crippen LogP contribution in [0, 0.1) is 5.82 Å². The van der Waals surface area contributed by atoms with Crippen molar-refractivity contribution in [1.82, 2.24) is 10.2 Å². The highest BCUT2D eigenvalue weighted by molar-refractivity contribution is 5.96. The number of hydrogen-bond donors (Lipinski definition) is 1. The molecule has 1 aliphatic rings. The molecule has 1 aliphatic heterocycles. The van der Waals surface area contributed by atoms with E-state index in [9.17, 15) is 9.18 Å². The number of carbonyl (C=O) groups is 1. The number of likely N-dealkylation sites (N-methyl/N-ethyl adjacent to an activating group) is 1. The molecule has 0 radical (unpaired) electrons. The SMILES string of the molecule is CN1CCNCC1CC(=O)c1ccc(F)cc1. The molecule has 3 nitrogen and oxygen atoms in total. The lowest BCUT2D eigenvalue weighted by atomic mass is 10.0. The summed E-state index contributed by atoms with van der Waals surface area (Å²) < 4.78 is 12.7. The van der Waals surface area contributed by atoms with Gasteiger partial charge in [-0.05, 0) is 31.3 Å². The molecular weight excluding hydrogens is 219 g/mol.